The van der Waals surface area contributed by atoms with Crippen LogP contribution in [-0.4, -0.2) is 55.0 Å². The Morgan fingerprint density at radius 2 is 2.10 bits per heavy atom. The summed E-state index contributed by atoms with van der Waals surface area (Å²) in [7, 11) is 3.54. The number of aliphatic imine (C=N–C) groups is 1. The molecular formula is C23H34IN5O. The van der Waals surface area contributed by atoms with E-state index in [2.05, 4.69) is 51.9 Å². The minimum Gasteiger partial charge on any atom is -0.361 e. The average Bonchev–Trinajstić information content (AvgIpc) is 3.42. The van der Waals surface area contributed by atoms with Crippen molar-refractivity contribution in [3.8, 4) is 0 Å². The highest BCUT2D eigenvalue weighted by atomic mass is 127. The quantitative estimate of drug-likeness (QED) is 0.309. The van der Waals surface area contributed by atoms with Gasteiger partial charge in [-0.25, -0.2) is 4.99 Å². The van der Waals surface area contributed by atoms with Crippen LogP contribution in [0.3, 0.4) is 0 Å². The monoisotopic (exact) mass is 523 g/mol. The van der Waals surface area contributed by atoms with Crippen molar-refractivity contribution in [2.24, 2.45) is 16.8 Å². The molecule has 2 aromatic rings. The molecule has 3 N–H and O–H groups in total. The molecule has 3 unspecified atom stereocenters. The van der Waals surface area contributed by atoms with Crippen LogP contribution in [0, 0.1) is 18.8 Å². The smallest absolute Gasteiger partial charge is 0.243 e. The second-order valence-corrected chi connectivity index (χ2v) is 8.87. The van der Waals surface area contributed by atoms with E-state index in [1.54, 1.807) is 19.0 Å². The highest BCUT2D eigenvalue weighted by Crippen LogP contribution is 2.44. The van der Waals surface area contributed by atoms with Crippen molar-refractivity contribution in [3.63, 3.8) is 0 Å². The molecule has 164 valence electrons. The second-order valence-electron chi connectivity index (χ2n) is 8.87. The van der Waals surface area contributed by atoms with Crippen LogP contribution in [-0.2, 0) is 11.2 Å². The highest BCUT2D eigenvalue weighted by Gasteiger charge is 2.39. The predicted octanol–water partition coefficient (Wildman–Crippen LogP) is 3.45. The molecule has 2 aliphatic rings. The molecule has 4 rings (SSSR count). The van der Waals surface area contributed by atoms with Gasteiger partial charge in [-0.3, -0.25) is 4.79 Å². The number of guanidine groups is 1. The molecule has 2 fully saturated rings. The van der Waals surface area contributed by atoms with Crippen LogP contribution >= 0.6 is 24.0 Å². The molecule has 0 radical (unpaired) electrons. The van der Waals surface area contributed by atoms with Gasteiger partial charge in [0.15, 0.2) is 5.96 Å². The predicted molar refractivity (Wildman–Crippen MR) is 134 cm³/mol. The summed E-state index contributed by atoms with van der Waals surface area (Å²) in [5.41, 5.74) is 3.79. The van der Waals surface area contributed by atoms with Gasteiger partial charge in [-0.2, -0.15) is 0 Å². The highest BCUT2D eigenvalue weighted by molar-refractivity contribution is 14.0. The molecule has 0 aliphatic heterocycles. The zero-order valence-electron chi connectivity index (χ0n) is 18.2. The summed E-state index contributed by atoms with van der Waals surface area (Å²) in [4.78, 5) is 21.6. The third kappa shape index (κ3) is 5.10. The van der Waals surface area contributed by atoms with Gasteiger partial charge in [-0.05, 0) is 55.6 Å². The lowest BCUT2D eigenvalue weighted by molar-refractivity contribution is -0.127. The molecule has 1 heterocycles. The van der Waals surface area contributed by atoms with Crippen molar-refractivity contribution >= 4 is 46.7 Å². The number of para-hydroxylation sites is 1. The Balaban J connectivity index is 0.00000256. The lowest BCUT2D eigenvalue weighted by Crippen LogP contribution is -2.46. The van der Waals surface area contributed by atoms with Crippen LogP contribution < -0.4 is 10.6 Å². The van der Waals surface area contributed by atoms with Gasteiger partial charge in [0, 0.05) is 43.8 Å². The molecule has 2 saturated carbocycles. The summed E-state index contributed by atoms with van der Waals surface area (Å²) in [5, 5.41) is 8.39. The van der Waals surface area contributed by atoms with E-state index in [9.17, 15) is 4.79 Å². The van der Waals surface area contributed by atoms with E-state index in [4.69, 9.17) is 0 Å². The number of nitrogens with zero attached hydrogens (tertiary/aromatic N) is 2. The Kier molecular flexibility index (Phi) is 7.65. The van der Waals surface area contributed by atoms with Gasteiger partial charge < -0.3 is 20.5 Å². The topological polar surface area (TPSA) is 72.5 Å². The number of aromatic amines is 1. The number of benzene rings is 1. The van der Waals surface area contributed by atoms with E-state index in [-0.39, 0.29) is 36.4 Å². The first kappa shape index (κ1) is 22.9. The van der Waals surface area contributed by atoms with Crippen molar-refractivity contribution in [2.45, 2.75) is 45.1 Å². The van der Waals surface area contributed by atoms with E-state index in [0.717, 1.165) is 30.8 Å². The molecule has 7 heteroatoms. The van der Waals surface area contributed by atoms with Gasteiger partial charge in [0.25, 0.3) is 0 Å². The van der Waals surface area contributed by atoms with Crippen molar-refractivity contribution in [3.05, 3.63) is 35.5 Å². The lowest BCUT2D eigenvalue weighted by atomic mass is 9.95. The minimum absolute atomic E-state index is 0. The fourth-order valence-corrected chi connectivity index (χ4v) is 4.92. The first-order valence-corrected chi connectivity index (χ1v) is 10.8. The number of H-pyrrole nitrogens is 1. The number of carbonyl (C=O) groups excluding carboxylic acids is 1. The van der Waals surface area contributed by atoms with Gasteiger partial charge >= 0.3 is 0 Å². The number of amides is 1. The van der Waals surface area contributed by atoms with Crippen molar-refractivity contribution in [2.75, 3.05) is 27.2 Å². The molecule has 1 amide bonds. The average molecular weight is 523 g/mol. The van der Waals surface area contributed by atoms with Crippen LogP contribution in [0.4, 0.5) is 0 Å². The summed E-state index contributed by atoms with van der Waals surface area (Å²) >= 11 is 0. The number of fused-ring (bicyclic) bond motifs is 3. The molecule has 30 heavy (non-hydrogen) atoms. The number of hydrogen-bond acceptors (Lipinski definition) is 2. The fourth-order valence-electron chi connectivity index (χ4n) is 4.92. The van der Waals surface area contributed by atoms with E-state index in [0.29, 0.717) is 6.04 Å². The number of halogens is 1. The lowest BCUT2D eigenvalue weighted by Gasteiger charge is -2.25. The van der Waals surface area contributed by atoms with Crippen molar-refractivity contribution in [1.29, 1.82) is 0 Å². The molecule has 6 nitrogen and oxygen atoms in total. The Bertz CT molecular complexity index is 906. The summed E-state index contributed by atoms with van der Waals surface area (Å²) in [5.74, 6) is 2.42. The summed E-state index contributed by atoms with van der Waals surface area (Å²) in [6.45, 7) is 3.09. The molecule has 0 saturated heterocycles. The first-order valence-electron chi connectivity index (χ1n) is 10.8. The Hall–Kier alpha value is -1.77. The van der Waals surface area contributed by atoms with E-state index in [1.807, 2.05) is 0 Å². The van der Waals surface area contributed by atoms with Gasteiger partial charge in [0.1, 0.15) is 6.54 Å². The summed E-state index contributed by atoms with van der Waals surface area (Å²) < 4.78 is 0. The maximum Gasteiger partial charge on any atom is 0.243 e. The van der Waals surface area contributed by atoms with Crippen LogP contribution in [0.1, 0.15) is 36.8 Å². The second kappa shape index (κ2) is 10.0. The third-order valence-corrected chi connectivity index (χ3v) is 6.63. The zero-order valence-corrected chi connectivity index (χ0v) is 20.5. The number of nitrogens with one attached hydrogen (secondary N) is 3. The first-order chi connectivity index (χ1) is 14.0. The Labute approximate surface area is 196 Å². The van der Waals surface area contributed by atoms with Gasteiger partial charge in [0.2, 0.25) is 5.91 Å². The Morgan fingerprint density at radius 1 is 1.27 bits per heavy atom. The Morgan fingerprint density at radius 3 is 2.80 bits per heavy atom. The molecule has 1 aromatic carbocycles. The molecule has 2 bridgehead atoms. The summed E-state index contributed by atoms with van der Waals surface area (Å²) in [6.07, 6.45) is 8.28. The number of rotatable bonds is 6. The van der Waals surface area contributed by atoms with Crippen molar-refractivity contribution in [1.82, 2.24) is 20.5 Å². The minimum atomic E-state index is 0. The summed E-state index contributed by atoms with van der Waals surface area (Å²) in [6, 6.07) is 6.91. The number of hydrogen-bond donors (Lipinski definition) is 3. The fraction of sp³-hybridized carbons (Fsp3) is 0.565. The zero-order chi connectivity index (χ0) is 20.4. The SMILES string of the molecule is Cc1cccc2c(CCNC(=NCC(=O)N(C)C)NC3CC4CCC3C4)c[nH]c12.I. The number of likely N-dealkylation sites (N-methyl/N-ethyl adjacent to an activating group) is 1. The van der Waals surface area contributed by atoms with E-state index in [1.165, 1.54) is 47.7 Å². The molecule has 0 spiro atoms. The maximum atomic E-state index is 12.0. The number of aromatic nitrogens is 1. The van der Waals surface area contributed by atoms with Crippen LogP contribution in [0.25, 0.3) is 10.9 Å². The number of aryl methyl sites for hydroxylation is 1. The largest absolute Gasteiger partial charge is 0.361 e. The number of carbonyl (C=O) groups is 1. The molecule has 2 aliphatic carbocycles. The standard InChI is InChI=1S/C23H33N5O.HI/c1-15-5-4-6-19-18(13-25-22(15)19)9-10-24-23(26-14-21(29)28(2)3)27-20-12-16-7-8-17(20)11-16;/h4-6,13,16-17,20,25H,7-12,14H2,1-3H3,(H2,24,26,27);1H. The van der Waals surface area contributed by atoms with Gasteiger partial charge in [-0.15, -0.1) is 24.0 Å². The van der Waals surface area contributed by atoms with Crippen LogP contribution in [0.2, 0.25) is 0 Å². The normalized spacial score (nSPS) is 22.8. The third-order valence-electron chi connectivity index (χ3n) is 6.63. The molecular weight excluding hydrogens is 489 g/mol. The maximum absolute atomic E-state index is 12.0. The van der Waals surface area contributed by atoms with Crippen LogP contribution in [0.5, 0.6) is 0 Å². The molecule has 1 aromatic heterocycles. The van der Waals surface area contributed by atoms with Gasteiger partial charge in [-0.1, -0.05) is 24.6 Å². The van der Waals surface area contributed by atoms with E-state index < -0.39 is 0 Å². The van der Waals surface area contributed by atoms with Crippen molar-refractivity contribution < 1.29 is 4.79 Å². The van der Waals surface area contributed by atoms with Gasteiger partial charge in [0.05, 0.1) is 0 Å². The van der Waals surface area contributed by atoms with Crippen LogP contribution in [0.15, 0.2) is 29.4 Å². The molecule has 3 atom stereocenters. The van der Waals surface area contributed by atoms with E-state index >= 15 is 0 Å².